The van der Waals surface area contributed by atoms with Gasteiger partial charge in [0.25, 0.3) is 6.01 Å². The number of hydrogen-bond donors (Lipinski definition) is 1. The van der Waals surface area contributed by atoms with Gasteiger partial charge in [0, 0.05) is 6.04 Å². The van der Waals surface area contributed by atoms with Gasteiger partial charge in [-0.15, -0.1) is 0 Å². The van der Waals surface area contributed by atoms with Crippen LogP contribution < -0.4 is 5.32 Å². The van der Waals surface area contributed by atoms with Crippen molar-refractivity contribution < 1.29 is 4.42 Å². The van der Waals surface area contributed by atoms with E-state index in [4.69, 9.17) is 4.42 Å². The Kier molecular flexibility index (Phi) is 2.98. The van der Waals surface area contributed by atoms with E-state index in [1.807, 2.05) is 24.3 Å². The summed E-state index contributed by atoms with van der Waals surface area (Å²) in [5.74, 6) is 1.58. The third-order valence-corrected chi connectivity index (χ3v) is 3.80. The van der Waals surface area contributed by atoms with Gasteiger partial charge in [-0.05, 0) is 43.2 Å². The van der Waals surface area contributed by atoms with Crippen LogP contribution in [0.2, 0.25) is 0 Å². The van der Waals surface area contributed by atoms with Crippen LogP contribution in [-0.2, 0) is 0 Å². The average molecular weight is 244 g/mol. The van der Waals surface area contributed by atoms with E-state index in [-0.39, 0.29) is 0 Å². The second-order valence-corrected chi connectivity index (χ2v) is 5.75. The first-order chi connectivity index (χ1) is 8.70. The number of para-hydroxylation sites is 2. The summed E-state index contributed by atoms with van der Waals surface area (Å²) in [6.07, 6.45) is 3.76. The van der Waals surface area contributed by atoms with Gasteiger partial charge >= 0.3 is 0 Å². The molecule has 96 valence electrons. The van der Waals surface area contributed by atoms with Crippen molar-refractivity contribution in [1.82, 2.24) is 4.98 Å². The predicted octanol–water partition coefficient (Wildman–Crippen LogP) is 4.06. The predicted molar refractivity (Wildman–Crippen MR) is 73.6 cm³/mol. The summed E-state index contributed by atoms with van der Waals surface area (Å²) in [7, 11) is 0. The quantitative estimate of drug-likeness (QED) is 0.865. The van der Waals surface area contributed by atoms with Crippen LogP contribution in [0.1, 0.15) is 33.1 Å². The van der Waals surface area contributed by atoms with Crippen LogP contribution >= 0.6 is 0 Å². The summed E-state index contributed by atoms with van der Waals surface area (Å²) in [6.45, 7) is 4.66. The molecule has 0 amide bonds. The van der Waals surface area contributed by atoms with Gasteiger partial charge in [0.2, 0.25) is 0 Å². The molecule has 1 aliphatic carbocycles. The monoisotopic (exact) mass is 244 g/mol. The minimum atomic E-state index is 0.497. The van der Waals surface area contributed by atoms with E-state index in [2.05, 4.69) is 24.1 Å². The van der Waals surface area contributed by atoms with E-state index in [9.17, 15) is 0 Å². The Morgan fingerprint density at radius 2 is 1.83 bits per heavy atom. The first-order valence-corrected chi connectivity index (χ1v) is 6.83. The molecule has 0 spiro atoms. The van der Waals surface area contributed by atoms with Gasteiger partial charge in [0.1, 0.15) is 5.52 Å². The molecular weight excluding hydrogens is 224 g/mol. The normalized spacial score (nSPS) is 28.4. The number of nitrogens with zero attached hydrogens (tertiary/aromatic N) is 1. The molecule has 1 aromatic heterocycles. The average Bonchev–Trinajstić information content (AvgIpc) is 2.69. The maximum absolute atomic E-state index is 5.72. The lowest BCUT2D eigenvalue weighted by atomic mass is 9.80. The fourth-order valence-electron chi connectivity index (χ4n) is 3.17. The van der Waals surface area contributed by atoms with Crippen molar-refractivity contribution in [3.8, 4) is 0 Å². The maximum atomic E-state index is 5.72. The smallest absolute Gasteiger partial charge is 0.295 e. The van der Waals surface area contributed by atoms with E-state index >= 15 is 0 Å². The number of benzene rings is 1. The molecule has 3 nitrogen and oxygen atoms in total. The molecule has 2 atom stereocenters. The molecule has 3 heteroatoms. The van der Waals surface area contributed by atoms with Crippen LogP contribution in [0.25, 0.3) is 11.1 Å². The van der Waals surface area contributed by atoms with Crippen molar-refractivity contribution >= 4 is 17.1 Å². The Morgan fingerprint density at radius 3 is 2.56 bits per heavy atom. The largest absolute Gasteiger partial charge is 0.424 e. The molecule has 1 aliphatic rings. The van der Waals surface area contributed by atoms with Gasteiger partial charge in [0.15, 0.2) is 5.58 Å². The second-order valence-electron chi connectivity index (χ2n) is 5.75. The summed E-state index contributed by atoms with van der Waals surface area (Å²) in [4.78, 5) is 4.48. The van der Waals surface area contributed by atoms with Crippen LogP contribution in [0.5, 0.6) is 0 Å². The van der Waals surface area contributed by atoms with Gasteiger partial charge in [-0.25, -0.2) is 0 Å². The Hall–Kier alpha value is -1.51. The van der Waals surface area contributed by atoms with Crippen molar-refractivity contribution in [3.05, 3.63) is 24.3 Å². The SMILES string of the molecule is CC1CC(C)CC(Nc2nc3ccccc3o2)C1. The minimum Gasteiger partial charge on any atom is -0.424 e. The van der Waals surface area contributed by atoms with Crippen molar-refractivity contribution in [1.29, 1.82) is 0 Å². The summed E-state index contributed by atoms with van der Waals surface area (Å²) in [5.41, 5.74) is 1.79. The second kappa shape index (κ2) is 4.63. The van der Waals surface area contributed by atoms with Crippen molar-refractivity contribution in [2.24, 2.45) is 11.8 Å². The van der Waals surface area contributed by atoms with E-state index in [1.165, 1.54) is 19.3 Å². The van der Waals surface area contributed by atoms with Crippen molar-refractivity contribution in [3.63, 3.8) is 0 Å². The third kappa shape index (κ3) is 2.35. The number of anilines is 1. The summed E-state index contributed by atoms with van der Waals surface area (Å²) < 4.78 is 5.72. The van der Waals surface area contributed by atoms with E-state index < -0.39 is 0 Å². The minimum absolute atomic E-state index is 0.497. The molecule has 0 aliphatic heterocycles. The lowest BCUT2D eigenvalue weighted by Gasteiger charge is -2.31. The van der Waals surface area contributed by atoms with Gasteiger partial charge in [-0.1, -0.05) is 26.0 Å². The van der Waals surface area contributed by atoms with Crippen molar-refractivity contribution in [2.45, 2.75) is 39.2 Å². The summed E-state index contributed by atoms with van der Waals surface area (Å²) >= 11 is 0. The molecule has 0 bridgehead atoms. The third-order valence-electron chi connectivity index (χ3n) is 3.80. The number of aromatic nitrogens is 1. The number of hydrogen-bond acceptors (Lipinski definition) is 3. The van der Waals surface area contributed by atoms with Crippen LogP contribution in [0.15, 0.2) is 28.7 Å². The topological polar surface area (TPSA) is 38.1 Å². The van der Waals surface area contributed by atoms with E-state index in [0.717, 1.165) is 22.9 Å². The fraction of sp³-hybridized carbons (Fsp3) is 0.533. The summed E-state index contributed by atoms with van der Waals surface area (Å²) in [6, 6.07) is 9.07. The van der Waals surface area contributed by atoms with Gasteiger partial charge in [0.05, 0.1) is 0 Å². The Labute approximate surface area is 108 Å². The highest BCUT2D eigenvalue weighted by molar-refractivity contribution is 5.74. The number of nitrogens with one attached hydrogen (secondary N) is 1. The zero-order chi connectivity index (χ0) is 12.5. The zero-order valence-electron chi connectivity index (χ0n) is 11.0. The molecule has 1 aromatic carbocycles. The van der Waals surface area contributed by atoms with E-state index in [1.54, 1.807) is 0 Å². The first kappa shape index (κ1) is 11.6. The molecule has 1 N–H and O–H groups in total. The molecule has 2 unspecified atom stereocenters. The lowest BCUT2D eigenvalue weighted by Crippen LogP contribution is -2.30. The highest BCUT2D eigenvalue weighted by Crippen LogP contribution is 2.30. The summed E-state index contributed by atoms with van der Waals surface area (Å²) in [5, 5.41) is 3.45. The molecule has 18 heavy (non-hydrogen) atoms. The van der Waals surface area contributed by atoms with Crippen LogP contribution in [0, 0.1) is 11.8 Å². The highest BCUT2D eigenvalue weighted by atomic mass is 16.4. The van der Waals surface area contributed by atoms with Crippen LogP contribution in [-0.4, -0.2) is 11.0 Å². The Bertz CT molecular complexity index is 491. The fourth-order valence-corrected chi connectivity index (χ4v) is 3.17. The number of rotatable bonds is 2. The van der Waals surface area contributed by atoms with E-state index in [0.29, 0.717) is 12.1 Å². The molecule has 1 fully saturated rings. The van der Waals surface area contributed by atoms with Crippen molar-refractivity contribution in [2.75, 3.05) is 5.32 Å². The molecule has 3 rings (SSSR count). The molecule has 2 aromatic rings. The number of fused-ring (bicyclic) bond motifs is 1. The Morgan fingerprint density at radius 1 is 1.11 bits per heavy atom. The molecule has 0 radical (unpaired) electrons. The standard InChI is InChI=1S/C15H20N2O/c1-10-7-11(2)9-12(8-10)16-15-17-13-5-3-4-6-14(13)18-15/h3-6,10-12H,7-9H2,1-2H3,(H,16,17). The van der Waals surface area contributed by atoms with Crippen LogP contribution in [0.3, 0.4) is 0 Å². The van der Waals surface area contributed by atoms with Gasteiger partial charge < -0.3 is 9.73 Å². The Balaban J connectivity index is 1.75. The van der Waals surface area contributed by atoms with Gasteiger partial charge in [-0.3, -0.25) is 0 Å². The maximum Gasteiger partial charge on any atom is 0.295 e. The van der Waals surface area contributed by atoms with Gasteiger partial charge in [-0.2, -0.15) is 4.98 Å². The lowest BCUT2D eigenvalue weighted by molar-refractivity contribution is 0.278. The molecule has 1 heterocycles. The highest BCUT2D eigenvalue weighted by Gasteiger charge is 2.24. The van der Waals surface area contributed by atoms with Crippen LogP contribution in [0.4, 0.5) is 6.01 Å². The molecular formula is C15H20N2O. The zero-order valence-corrected chi connectivity index (χ0v) is 11.0. The first-order valence-electron chi connectivity index (χ1n) is 6.83. The number of oxazole rings is 1. The molecule has 0 saturated heterocycles. The molecule has 1 saturated carbocycles.